The highest BCUT2D eigenvalue weighted by atomic mass is 16.2. The minimum absolute atomic E-state index is 0.255. The summed E-state index contributed by atoms with van der Waals surface area (Å²) in [5.74, 6) is -0.517. The molecular weight excluding hydrogens is 398 g/mol. The van der Waals surface area contributed by atoms with Gasteiger partial charge in [0.25, 0.3) is 11.8 Å². The van der Waals surface area contributed by atoms with Crippen LogP contribution in [0.5, 0.6) is 0 Å². The quantitative estimate of drug-likeness (QED) is 0.509. The Morgan fingerprint density at radius 3 is 2.16 bits per heavy atom. The molecule has 2 amide bonds. The normalized spacial score (nSPS) is 12.7. The van der Waals surface area contributed by atoms with E-state index in [1.807, 2.05) is 38.4 Å². The van der Waals surface area contributed by atoms with Crippen molar-refractivity contribution in [3.8, 4) is 0 Å². The molecular formula is C27H27N3O2. The van der Waals surface area contributed by atoms with Crippen molar-refractivity contribution in [1.29, 1.82) is 0 Å². The van der Waals surface area contributed by atoms with Crippen molar-refractivity contribution in [2.75, 3.05) is 37.5 Å². The average molecular weight is 426 g/mol. The van der Waals surface area contributed by atoms with Crippen LogP contribution < -0.4 is 9.80 Å². The molecule has 5 heteroatoms. The number of rotatable bonds is 6. The van der Waals surface area contributed by atoms with E-state index in [0.29, 0.717) is 17.7 Å². The predicted molar refractivity (Wildman–Crippen MR) is 131 cm³/mol. The van der Waals surface area contributed by atoms with Crippen LogP contribution in [0.1, 0.15) is 38.8 Å². The van der Waals surface area contributed by atoms with Crippen molar-refractivity contribution in [3.05, 3.63) is 95.6 Å². The van der Waals surface area contributed by atoms with Crippen LogP contribution in [0.3, 0.4) is 0 Å². The Kier molecular flexibility index (Phi) is 5.57. The van der Waals surface area contributed by atoms with E-state index in [4.69, 9.17) is 0 Å². The number of para-hydroxylation sites is 1. The van der Waals surface area contributed by atoms with E-state index in [1.54, 1.807) is 6.07 Å². The first kappa shape index (κ1) is 21.4. The number of imide groups is 1. The van der Waals surface area contributed by atoms with Crippen molar-refractivity contribution in [2.24, 2.45) is 0 Å². The number of carbonyl (C=O) groups excluding carboxylic acids is 2. The summed E-state index contributed by atoms with van der Waals surface area (Å²) in [5, 5.41) is 0. The lowest BCUT2D eigenvalue weighted by atomic mass is 9.96. The van der Waals surface area contributed by atoms with Gasteiger partial charge < -0.3 is 9.80 Å². The van der Waals surface area contributed by atoms with Gasteiger partial charge in [0.05, 0.1) is 11.1 Å². The van der Waals surface area contributed by atoms with Crippen molar-refractivity contribution >= 4 is 34.4 Å². The summed E-state index contributed by atoms with van der Waals surface area (Å²) in [6.45, 7) is 7.15. The third-order valence-electron chi connectivity index (χ3n) is 5.95. The van der Waals surface area contributed by atoms with E-state index < -0.39 is 0 Å². The molecule has 0 fully saturated rings. The number of amides is 2. The van der Waals surface area contributed by atoms with Gasteiger partial charge in [-0.05, 0) is 54.5 Å². The molecule has 0 radical (unpaired) electrons. The monoisotopic (exact) mass is 425 g/mol. The second-order valence-electron chi connectivity index (χ2n) is 8.08. The van der Waals surface area contributed by atoms with Gasteiger partial charge in [0.15, 0.2) is 0 Å². The second-order valence-corrected chi connectivity index (χ2v) is 8.08. The standard InChI is InChI=1S/C27H27N3O2/c1-6-30(21-15-16-23-24(17-21)27(32)29(5)26(23)31)25-10-8-7-9-22(25)18(2)19-11-13-20(14-12-19)28(3)4/h7-17H,2,6H2,1,3-5H3. The molecule has 0 unspecified atom stereocenters. The van der Waals surface area contributed by atoms with Crippen LogP contribution in [0.2, 0.25) is 0 Å². The number of benzene rings is 3. The minimum Gasteiger partial charge on any atom is -0.378 e. The molecule has 32 heavy (non-hydrogen) atoms. The highest BCUT2D eigenvalue weighted by Crippen LogP contribution is 2.36. The second kappa shape index (κ2) is 8.35. The smallest absolute Gasteiger partial charge is 0.261 e. The van der Waals surface area contributed by atoms with Gasteiger partial charge >= 0.3 is 0 Å². The number of hydrogen-bond acceptors (Lipinski definition) is 4. The third-order valence-corrected chi connectivity index (χ3v) is 5.95. The SMILES string of the molecule is C=C(c1ccc(N(C)C)cc1)c1ccccc1N(CC)c1ccc2c(c1)C(=O)N(C)C2=O. The number of anilines is 3. The zero-order chi connectivity index (χ0) is 23.0. The fourth-order valence-corrected chi connectivity index (χ4v) is 4.09. The maximum Gasteiger partial charge on any atom is 0.261 e. The van der Waals surface area contributed by atoms with Gasteiger partial charge in [-0.3, -0.25) is 14.5 Å². The minimum atomic E-state index is -0.262. The average Bonchev–Trinajstić information content (AvgIpc) is 3.03. The topological polar surface area (TPSA) is 43.9 Å². The van der Waals surface area contributed by atoms with E-state index >= 15 is 0 Å². The van der Waals surface area contributed by atoms with Crippen molar-refractivity contribution in [3.63, 3.8) is 0 Å². The zero-order valence-corrected chi connectivity index (χ0v) is 18.9. The summed E-state index contributed by atoms with van der Waals surface area (Å²) in [6.07, 6.45) is 0. The Balaban J connectivity index is 1.74. The summed E-state index contributed by atoms with van der Waals surface area (Å²) in [7, 11) is 5.55. The molecule has 0 N–H and O–H groups in total. The van der Waals surface area contributed by atoms with Crippen molar-refractivity contribution in [2.45, 2.75) is 6.92 Å². The molecule has 0 saturated heterocycles. The molecule has 5 nitrogen and oxygen atoms in total. The lowest BCUT2D eigenvalue weighted by molar-refractivity contribution is 0.0693. The number of carbonyl (C=O) groups is 2. The summed E-state index contributed by atoms with van der Waals surface area (Å²) in [5.41, 5.74) is 6.90. The van der Waals surface area contributed by atoms with Crippen LogP contribution in [0, 0.1) is 0 Å². The summed E-state index contributed by atoms with van der Waals surface area (Å²) < 4.78 is 0. The molecule has 3 aromatic rings. The number of fused-ring (bicyclic) bond motifs is 1. The summed E-state index contributed by atoms with van der Waals surface area (Å²) in [6, 6.07) is 21.9. The summed E-state index contributed by atoms with van der Waals surface area (Å²) >= 11 is 0. The van der Waals surface area contributed by atoms with Gasteiger partial charge in [-0.2, -0.15) is 0 Å². The summed E-state index contributed by atoms with van der Waals surface area (Å²) in [4.78, 5) is 30.2. The van der Waals surface area contributed by atoms with Crippen LogP contribution in [-0.4, -0.2) is 44.4 Å². The first-order chi connectivity index (χ1) is 15.3. The first-order valence-corrected chi connectivity index (χ1v) is 10.6. The maximum absolute atomic E-state index is 12.5. The molecule has 1 aliphatic heterocycles. The number of nitrogens with zero attached hydrogens (tertiary/aromatic N) is 3. The van der Waals surface area contributed by atoms with Gasteiger partial charge in [-0.1, -0.05) is 36.9 Å². The van der Waals surface area contributed by atoms with Gasteiger partial charge in [0.2, 0.25) is 0 Å². The zero-order valence-electron chi connectivity index (χ0n) is 18.9. The van der Waals surface area contributed by atoms with Crippen LogP contribution >= 0.6 is 0 Å². The number of hydrogen-bond donors (Lipinski definition) is 0. The van der Waals surface area contributed by atoms with E-state index in [0.717, 1.165) is 38.7 Å². The fraction of sp³-hybridized carbons (Fsp3) is 0.185. The molecule has 0 bridgehead atoms. The molecule has 0 aliphatic carbocycles. The molecule has 162 valence electrons. The van der Waals surface area contributed by atoms with E-state index in [2.05, 4.69) is 59.7 Å². The van der Waals surface area contributed by atoms with E-state index in [-0.39, 0.29) is 11.8 Å². The van der Waals surface area contributed by atoms with Crippen LogP contribution in [0.15, 0.2) is 73.3 Å². The van der Waals surface area contributed by atoms with Crippen LogP contribution in [0.25, 0.3) is 5.57 Å². The Bertz CT molecular complexity index is 1210. The Morgan fingerprint density at radius 1 is 0.875 bits per heavy atom. The molecule has 0 atom stereocenters. The third kappa shape index (κ3) is 3.56. The van der Waals surface area contributed by atoms with Crippen molar-refractivity contribution in [1.82, 2.24) is 4.90 Å². The first-order valence-electron chi connectivity index (χ1n) is 10.6. The molecule has 0 spiro atoms. The molecule has 3 aromatic carbocycles. The predicted octanol–water partition coefficient (Wildman–Crippen LogP) is 5.20. The van der Waals surface area contributed by atoms with Gasteiger partial charge in [0, 0.05) is 50.3 Å². The fourth-order valence-electron chi connectivity index (χ4n) is 4.09. The lowest BCUT2D eigenvalue weighted by Crippen LogP contribution is -2.24. The molecule has 4 rings (SSSR count). The van der Waals surface area contributed by atoms with Gasteiger partial charge in [-0.25, -0.2) is 0 Å². The highest BCUT2D eigenvalue weighted by Gasteiger charge is 2.33. The molecule has 1 heterocycles. The van der Waals surface area contributed by atoms with Gasteiger partial charge in [-0.15, -0.1) is 0 Å². The molecule has 0 aromatic heterocycles. The Labute approximate surface area is 189 Å². The Hall–Kier alpha value is -3.86. The highest BCUT2D eigenvalue weighted by molar-refractivity contribution is 6.21. The lowest BCUT2D eigenvalue weighted by Gasteiger charge is -2.27. The van der Waals surface area contributed by atoms with Crippen LogP contribution in [0.4, 0.5) is 17.1 Å². The van der Waals surface area contributed by atoms with Crippen molar-refractivity contribution < 1.29 is 9.59 Å². The maximum atomic E-state index is 12.5. The largest absolute Gasteiger partial charge is 0.378 e. The molecule has 0 saturated carbocycles. The Morgan fingerprint density at radius 2 is 1.50 bits per heavy atom. The van der Waals surface area contributed by atoms with E-state index in [9.17, 15) is 9.59 Å². The van der Waals surface area contributed by atoms with Crippen LogP contribution in [-0.2, 0) is 0 Å². The molecule has 1 aliphatic rings. The van der Waals surface area contributed by atoms with E-state index in [1.165, 1.54) is 7.05 Å². The van der Waals surface area contributed by atoms with Gasteiger partial charge in [0.1, 0.15) is 0 Å².